The van der Waals surface area contributed by atoms with Gasteiger partial charge in [0.25, 0.3) is 0 Å². The highest BCUT2D eigenvalue weighted by Gasteiger charge is 2.18. The lowest BCUT2D eigenvalue weighted by atomic mass is 9.97. The van der Waals surface area contributed by atoms with Crippen molar-refractivity contribution in [3.8, 4) is 0 Å². The lowest BCUT2D eigenvalue weighted by Gasteiger charge is -2.20. The number of esters is 1. The van der Waals surface area contributed by atoms with E-state index in [4.69, 9.17) is 4.74 Å². The molecule has 0 radical (unpaired) electrons. The summed E-state index contributed by atoms with van der Waals surface area (Å²) in [6.45, 7) is 13.2. The zero-order valence-electron chi connectivity index (χ0n) is 18.1. The number of carbonyl (C=O) groups is 1. The maximum atomic E-state index is 12.0. The maximum Gasteiger partial charge on any atom is 0.306 e. The topological polar surface area (TPSA) is 26.3 Å². The molecule has 0 amide bonds. The summed E-state index contributed by atoms with van der Waals surface area (Å²) in [5.41, 5.74) is 0. The number of hydrogen-bond donors (Lipinski definition) is 0. The first-order valence-corrected chi connectivity index (χ1v) is 11.1. The van der Waals surface area contributed by atoms with Crippen molar-refractivity contribution in [2.24, 2.45) is 17.8 Å². The normalized spacial score (nSPS) is 15.2. The van der Waals surface area contributed by atoms with Crippen LogP contribution in [0.4, 0.5) is 0 Å². The largest absolute Gasteiger partial charge is 0.462 e. The van der Waals surface area contributed by atoms with Gasteiger partial charge in [0.2, 0.25) is 0 Å². The maximum absolute atomic E-state index is 12.0. The van der Waals surface area contributed by atoms with Gasteiger partial charge in [-0.1, -0.05) is 106 Å². The van der Waals surface area contributed by atoms with Gasteiger partial charge in [0.1, 0.15) is 6.10 Å². The van der Waals surface area contributed by atoms with E-state index in [1.54, 1.807) is 0 Å². The Balaban J connectivity index is 3.54. The molecule has 0 N–H and O–H groups in total. The first-order chi connectivity index (χ1) is 11.9. The summed E-state index contributed by atoms with van der Waals surface area (Å²) in [6.07, 6.45) is 15.0. The van der Waals surface area contributed by atoms with E-state index in [0.29, 0.717) is 18.3 Å². The second-order valence-corrected chi connectivity index (χ2v) is 8.56. The molecule has 0 saturated heterocycles. The summed E-state index contributed by atoms with van der Waals surface area (Å²) in [7, 11) is 0. The Kier molecular flexibility index (Phi) is 15.4. The van der Waals surface area contributed by atoms with E-state index in [2.05, 4.69) is 41.5 Å². The molecule has 2 heteroatoms. The van der Waals surface area contributed by atoms with Crippen LogP contribution in [0.2, 0.25) is 0 Å². The summed E-state index contributed by atoms with van der Waals surface area (Å²) < 4.78 is 5.60. The minimum atomic E-state index is -0.00522. The Morgan fingerprint density at radius 1 is 0.720 bits per heavy atom. The Morgan fingerprint density at radius 2 is 1.20 bits per heavy atom. The summed E-state index contributed by atoms with van der Waals surface area (Å²) in [5, 5.41) is 0. The predicted octanol–water partition coefficient (Wildman–Crippen LogP) is 7.55. The lowest BCUT2D eigenvalue weighted by molar-refractivity contribution is -0.152. The summed E-state index contributed by atoms with van der Waals surface area (Å²) in [5.74, 6) is 1.76. The van der Waals surface area contributed by atoms with Gasteiger partial charge in [0.15, 0.2) is 0 Å². The molecule has 0 aromatic carbocycles. The quantitative estimate of drug-likeness (QED) is 0.211. The summed E-state index contributed by atoms with van der Waals surface area (Å²) >= 11 is 0. The van der Waals surface area contributed by atoms with Crippen molar-refractivity contribution < 1.29 is 9.53 Å². The van der Waals surface area contributed by atoms with E-state index in [1.165, 1.54) is 57.8 Å². The van der Waals surface area contributed by atoms with Gasteiger partial charge in [-0.25, -0.2) is 0 Å². The molecule has 0 heterocycles. The number of unbranched alkanes of at least 4 members (excludes halogenated alkanes) is 6. The van der Waals surface area contributed by atoms with Crippen LogP contribution in [0.5, 0.6) is 0 Å². The van der Waals surface area contributed by atoms with Crippen LogP contribution in [0.3, 0.4) is 0 Å². The Hall–Kier alpha value is -0.530. The van der Waals surface area contributed by atoms with Crippen LogP contribution in [0, 0.1) is 17.8 Å². The molecule has 0 saturated carbocycles. The Labute approximate surface area is 158 Å². The van der Waals surface area contributed by atoms with Crippen LogP contribution in [0.1, 0.15) is 119 Å². The van der Waals surface area contributed by atoms with Crippen molar-refractivity contribution in [3.63, 3.8) is 0 Å². The first kappa shape index (κ1) is 24.5. The van der Waals surface area contributed by atoms with Crippen molar-refractivity contribution in [1.82, 2.24) is 0 Å². The molecule has 0 bridgehead atoms. The molecule has 0 aromatic heterocycles. The van der Waals surface area contributed by atoms with Crippen molar-refractivity contribution in [1.29, 1.82) is 0 Å². The van der Waals surface area contributed by atoms with Crippen LogP contribution in [-0.2, 0) is 9.53 Å². The molecule has 150 valence electrons. The van der Waals surface area contributed by atoms with Gasteiger partial charge in [-0.2, -0.15) is 0 Å². The van der Waals surface area contributed by atoms with Gasteiger partial charge >= 0.3 is 5.97 Å². The second kappa shape index (κ2) is 15.7. The Morgan fingerprint density at radius 3 is 1.64 bits per heavy atom. The van der Waals surface area contributed by atoms with Gasteiger partial charge in [0.05, 0.1) is 0 Å². The second-order valence-electron chi connectivity index (χ2n) is 8.56. The third-order valence-electron chi connectivity index (χ3n) is 5.53. The third-order valence-corrected chi connectivity index (χ3v) is 5.53. The fraction of sp³-hybridized carbons (Fsp3) is 0.957. The van der Waals surface area contributed by atoms with Crippen molar-refractivity contribution in [3.05, 3.63) is 0 Å². The molecule has 2 nitrogen and oxygen atoms in total. The van der Waals surface area contributed by atoms with Crippen molar-refractivity contribution in [2.75, 3.05) is 0 Å². The van der Waals surface area contributed by atoms with Crippen LogP contribution >= 0.6 is 0 Å². The number of rotatable bonds is 16. The summed E-state index contributed by atoms with van der Waals surface area (Å²) in [4.78, 5) is 12.0. The highest BCUT2D eigenvalue weighted by Crippen LogP contribution is 2.18. The molecule has 0 aromatic rings. The highest BCUT2D eigenvalue weighted by molar-refractivity contribution is 5.69. The highest BCUT2D eigenvalue weighted by atomic mass is 16.5. The van der Waals surface area contributed by atoms with Crippen LogP contribution in [0.15, 0.2) is 0 Å². The standard InChI is InChI=1S/C23H46O2/c1-7-20(5)16-14-12-10-9-11-13-15-17-21(6)18-23(24)25-22(8-2)19(3)4/h19-22H,7-18H2,1-6H3/t20?,21?,22-/m0/s1. The van der Waals surface area contributed by atoms with E-state index in [-0.39, 0.29) is 12.1 Å². The summed E-state index contributed by atoms with van der Waals surface area (Å²) in [6, 6.07) is 0. The molecule has 25 heavy (non-hydrogen) atoms. The fourth-order valence-corrected chi connectivity index (χ4v) is 3.37. The van der Waals surface area contributed by atoms with E-state index < -0.39 is 0 Å². The third kappa shape index (κ3) is 14.3. The molecular weight excluding hydrogens is 308 g/mol. The van der Waals surface area contributed by atoms with Crippen LogP contribution in [0.25, 0.3) is 0 Å². The van der Waals surface area contributed by atoms with Gasteiger partial charge in [-0.05, 0) is 24.2 Å². The predicted molar refractivity (Wildman–Crippen MR) is 110 cm³/mol. The molecule has 0 fully saturated rings. The minimum Gasteiger partial charge on any atom is -0.462 e. The van der Waals surface area contributed by atoms with E-state index >= 15 is 0 Å². The average Bonchev–Trinajstić information content (AvgIpc) is 2.57. The SMILES string of the molecule is CCC(C)CCCCCCCCCC(C)CC(=O)O[C@@H](CC)C(C)C. The van der Waals surface area contributed by atoms with E-state index in [1.807, 2.05) is 0 Å². The van der Waals surface area contributed by atoms with E-state index in [9.17, 15) is 4.79 Å². The molecule has 0 rings (SSSR count). The van der Waals surface area contributed by atoms with Gasteiger partial charge in [-0.3, -0.25) is 4.79 Å². The molecular formula is C23H46O2. The zero-order valence-corrected chi connectivity index (χ0v) is 18.1. The number of hydrogen-bond acceptors (Lipinski definition) is 2. The molecule has 0 aliphatic carbocycles. The smallest absolute Gasteiger partial charge is 0.306 e. The molecule has 2 unspecified atom stereocenters. The minimum absolute atomic E-state index is 0.00522. The van der Waals surface area contributed by atoms with E-state index in [0.717, 1.165) is 18.8 Å². The van der Waals surface area contributed by atoms with Crippen molar-refractivity contribution in [2.45, 2.75) is 125 Å². The molecule has 0 aliphatic rings. The Bertz CT molecular complexity index is 311. The number of ether oxygens (including phenoxy) is 1. The van der Waals surface area contributed by atoms with Crippen LogP contribution in [-0.4, -0.2) is 12.1 Å². The van der Waals surface area contributed by atoms with Gasteiger partial charge < -0.3 is 4.74 Å². The molecule has 0 spiro atoms. The van der Waals surface area contributed by atoms with Crippen molar-refractivity contribution >= 4 is 5.97 Å². The lowest BCUT2D eigenvalue weighted by Crippen LogP contribution is -2.23. The van der Waals surface area contributed by atoms with Gasteiger partial charge in [-0.15, -0.1) is 0 Å². The number of carbonyl (C=O) groups excluding carboxylic acids is 1. The molecule has 3 atom stereocenters. The molecule has 0 aliphatic heterocycles. The average molecular weight is 355 g/mol. The van der Waals surface area contributed by atoms with Crippen LogP contribution < -0.4 is 0 Å². The van der Waals surface area contributed by atoms with Gasteiger partial charge in [0, 0.05) is 6.42 Å². The first-order valence-electron chi connectivity index (χ1n) is 11.1. The fourth-order valence-electron chi connectivity index (χ4n) is 3.37. The monoisotopic (exact) mass is 354 g/mol. The zero-order chi connectivity index (χ0) is 19.1.